The molecule has 1 aliphatic rings. The van der Waals surface area contributed by atoms with Crippen LogP contribution in [0.1, 0.15) is 81.8 Å². The summed E-state index contributed by atoms with van der Waals surface area (Å²) in [4.78, 5) is 23.7. The minimum atomic E-state index is -0.818. The molecule has 0 radical (unpaired) electrons. The summed E-state index contributed by atoms with van der Waals surface area (Å²) in [5, 5.41) is 9.80. The fourth-order valence-corrected chi connectivity index (χ4v) is 3.98. The van der Waals surface area contributed by atoms with Gasteiger partial charge in [-0.05, 0) is 39.2 Å². The van der Waals surface area contributed by atoms with Crippen LogP contribution in [0, 0.1) is 0 Å². The number of hydrogen-bond acceptors (Lipinski definition) is 5. The number of ether oxygens (including phenoxy) is 2. The molecule has 31 heavy (non-hydrogen) atoms. The van der Waals surface area contributed by atoms with Gasteiger partial charge in [0.2, 0.25) is 0 Å². The molecule has 1 aliphatic heterocycles. The van der Waals surface area contributed by atoms with Crippen LogP contribution < -0.4 is 0 Å². The molecule has 168 valence electrons. The molecule has 0 unspecified atom stereocenters. The highest BCUT2D eigenvalue weighted by Crippen LogP contribution is 2.34. The molecule has 1 saturated heterocycles. The monoisotopic (exact) mass is 428 g/mol. The van der Waals surface area contributed by atoms with Crippen molar-refractivity contribution < 1.29 is 28.6 Å². The van der Waals surface area contributed by atoms with Gasteiger partial charge in [0.1, 0.15) is 11.7 Å². The first-order valence-electron chi connectivity index (χ1n) is 11.1. The number of benzene rings is 1. The first-order valence-corrected chi connectivity index (χ1v) is 11.1. The lowest BCUT2D eigenvalue weighted by atomic mass is 10.0. The fourth-order valence-electron chi connectivity index (χ4n) is 3.98. The van der Waals surface area contributed by atoms with E-state index in [0.29, 0.717) is 30.6 Å². The van der Waals surface area contributed by atoms with Gasteiger partial charge in [0, 0.05) is 23.8 Å². The molecular formula is C25H32O6. The van der Waals surface area contributed by atoms with Gasteiger partial charge in [-0.2, -0.15) is 0 Å². The van der Waals surface area contributed by atoms with Gasteiger partial charge in [0.25, 0.3) is 0 Å². The van der Waals surface area contributed by atoms with Crippen molar-refractivity contribution in [2.24, 2.45) is 0 Å². The first-order chi connectivity index (χ1) is 14.8. The van der Waals surface area contributed by atoms with E-state index in [9.17, 15) is 9.59 Å². The molecule has 6 nitrogen and oxygen atoms in total. The molecule has 1 aromatic carbocycles. The topological polar surface area (TPSA) is 86.0 Å². The van der Waals surface area contributed by atoms with Gasteiger partial charge in [-0.3, -0.25) is 9.59 Å². The van der Waals surface area contributed by atoms with E-state index >= 15 is 0 Å². The van der Waals surface area contributed by atoms with Crippen LogP contribution in [-0.4, -0.2) is 34.9 Å². The maximum absolute atomic E-state index is 12.8. The molecule has 0 saturated carbocycles. The van der Waals surface area contributed by atoms with Gasteiger partial charge in [-0.1, -0.05) is 50.1 Å². The summed E-state index contributed by atoms with van der Waals surface area (Å²) in [6.07, 6.45) is 7.78. The Morgan fingerprint density at radius 1 is 1.10 bits per heavy atom. The van der Waals surface area contributed by atoms with Crippen molar-refractivity contribution in [1.82, 2.24) is 0 Å². The summed E-state index contributed by atoms with van der Waals surface area (Å²) in [6, 6.07) is 7.62. The Balaban J connectivity index is 1.83. The van der Waals surface area contributed by atoms with Crippen molar-refractivity contribution in [3.05, 3.63) is 41.7 Å². The summed E-state index contributed by atoms with van der Waals surface area (Å²) in [5.74, 6) is -1.18. The Kier molecular flexibility index (Phi) is 7.68. The number of furan rings is 1. The highest BCUT2D eigenvalue weighted by Gasteiger charge is 2.39. The number of carbonyl (C=O) groups is 2. The number of rotatable bonds is 11. The molecule has 0 amide bonds. The van der Waals surface area contributed by atoms with E-state index in [4.69, 9.17) is 19.0 Å². The van der Waals surface area contributed by atoms with Crippen molar-refractivity contribution in [2.75, 3.05) is 0 Å². The second-order valence-electron chi connectivity index (χ2n) is 8.50. The van der Waals surface area contributed by atoms with Crippen molar-refractivity contribution in [3.63, 3.8) is 0 Å². The van der Waals surface area contributed by atoms with Crippen LogP contribution in [0.15, 0.2) is 34.8 Å². The minimum absolute atomic E-state index is 0.00577. The Morgan fingerprint density at radius 3 is 2.61 bits per heavy atom. The zero-order valence-corrected chi connectivity index (χ0v) is 18.6. The average molecular weight is 429 g/mol. The van der Waals surface area contributed by atoms with Crippen LogP contribution in [0.2, 0.25) is 0 Å². The standard InChI is InChI=1S/C25H32O6/c1-4-5-6-11-19(26)24-18(17-10-7-8-12-20(17)29-24)15-16-22-21(13-9-14-23(27)28)30-25(2,3)31-22/h7-8,10,12,15-16,21-22H,4-6,9,11,13-14H2,1-3H3,(H,27,28)/b16-15+/t21-,22+/m0/s1. The van der Waals surface area contributed by atoms with Crippen molar-refractivity contribution in [1.29, 1.82) is 0 Å². The third-order valence-corrected chi connectivity index (χ3v) is 5.45. The molecule has 0 bridgehead atoms. The molecule has 1 aromatic heterocycles. The van der Waals surface area contributed by atoms with Crippen LogP contribution >= 0.6 is 0 Å². The Bertz CT molecular complexity index is 939. The quantitative estimate of drug-likeness (QED) is 0.350. The molecule has 1 fully saturated rings. The Morgan fingerprint density at radius 2 is 1.87 bits per heavy atom. The van der Waals surface area contributed by atoms with Gasteiger partial charge in [-0.15, -0.1) is 0 Å². The molecule has 1 N–H and O–H groups in total. The van der Waals surface area contributed by atoms with E-state index in [2.05, 4.69) is 6.92 Å². The highest BCUT2D eigenvalue weighted by atomic mass is 16.7. The Hall–Kier alpha value is -2.44. The smallest absolute Gasteiger partial charge is 0.303 e. The summed E-state index contributed by atoms with van der Waals surface area (Å²) >= 11 is 0. The number of ketones is 1. The number of carbonyl (C=O) groups excluding carboxylic acids is 1. The maximum atomic E-state index is 12.8. The van der Waals surface area contributed by atoms with E-state index < -0.39 is 11.8 Å². The number of carboxylic acid groups (broad SMARTS) is 1. The minimum Gasteiger partial charge on any atom is -0.481 e. The normalized spacial score (nSPS) is 20.6. The number of aliphatic carboxylic acids is 1. The molecule has 2 aromatic rings. The molecule has 2 heterocycles. The molecule has 6 heteroatoms. The largest absolute Gasteiger partial charge is 0.481 e. The number of carboxylic acids is 1. The SMILES string of the molecule is CCCCCC(=O)c1oc2ccccc2c1/C=C/[C@H]1OC(C)(C)O[C@H]1CCCC(=O)O. The second-order valence-corrected chi connectivity index (χ2v) is 8.50. The van der Waals surface area contributed by atoms with Gasteiger partial charge in [-0.25, -0.2) is 0 Å². The fraction of sp³-hybridized carbons (Fsp3) is 0.520. The van der Waals surface area contributed by atoms with E-state index in [1.54, 1.807) is 0 Å². The van der Waals surface area contributed by atoms with Gasteiger partial charge < -0.3 is 19.0 Å². The molecule has 3 rings (SSSR count). The Labute approximate surface area is 183 Å². The molecular weight excluding hydrogens is 396 g/mol. The lowest BCUT2D eigenvalue weighted by Crippen LogP contribution is -2.21. The van der Waals surface area contributed by atoms with Crippen molar-refractivity contribution in [3.8, 4) is 0 Å². The molecule has 0 spiro atoms. The lowest BCUT2D eigenvalue weighted by molar-refractivity contribution is -0.143. The van der Waals surface area contributed by atoms with Gasteiger partial charge in [0.15, 0.2) is 17.3 Å². The summed E-state index contributed by atoms with van der Waals surface area (Å²) in [5.41, 5.74) is 1.44. The predicted octanol–water partition coefficient (Wildman–Crippen LogP) is 5.98. The van der Waals surface area contributed by atoms with E-state index in [0.717, 1.165) is 30.2 Å². The van der Waals surface area contributed by atoms with E-state index in [1.165, 1.54) is 0 Å². The van der Waals surface area contributed by atoms with Crippen LogP contribution in [0.25, 0.3) is 17.0 Å². The van der Waals surface area contributed by atoms with E-state index in [1.807, 2.05) is 50.3 Å². The van der Waals surface area contributed by atoms with Crippen LogP contribution in [0.4, 0.5) is 0 Å². The molecule has 2 atom stereocenters. The molecule has 0 aliphatic carbocycles. The third-order valence-electron chi connectivity index (χ3n) is 5.45. The van der Waals surface area contributed by atoms with Crippen molar-refractivity contribution >= 4 is 28.8 Å². The van der Waals surface area contributed by atoms with E-state index in [-0.39, 0.29) is 24.4 Å². The summed E-state index contributed by atoms with van der Waals surface area (Å²) < 4.78 is 18.0. The van der Waals surface area contributed by atoms with Crippen LogP contribution in [-0.2, 0) is 14.3 Å². The number of para-hydroxylation sites is 1. The first kappa shape index (κ1) is 23.2. The summed E-state index contributed by atoms with van der Waals surface area (Å²) in [7, 11) is 0. The zero-order valence-electron chi connectivity index (χ0n) is 18.6. The highest BCUT2D eigenvalue weighted by molar-refractivity contribution is 6.03. The third kappa shape index (κ3) is 6.05. The second kappa shape index (κ2) is 10.2. The van der Waals surface area contributed by atoms with Crippen LogP contribution in [0.5, 0.6) is 0 Å². The summed E-state index contributed by atoms with van der Waals surface area (Å²) in [6.45, 7) is 5.81. The maximum Gasteiger partial charge on any atom is 0.303 e. The average Bonchev–Trinajstić information content (AvgIpc) is 3.22. The number of Topliss-reactive ketones (excluding diaryl/α,β-unsaturated/α-hetero) is 1. The number of hydrogen-bond donors (Lipinski definition) is 1. The van der Waals surface area contributed by atoms with Gasteiger partial charge >= 0.3 is 5.97 Å². The lowest BCUT2D eigenvalue weighted by Gasteiger charge is -2.16. The van der Waals surface area contributed by atoms with Crippen molar-refractivity contribution in [2.45, 2.75) is 83.7 Å². The predicted molar refractivity (Wildman–Crippen MR) is 119 cm³/mol. The number of unbranched alkanes of at least 4 members (excludes halogenated alkanes) is 2. The number of fused-ring (bicyclic) bond motifs is 1. The van der Waals surface area contributed by atoms with Gasteiger partial charge in [0.05, 0.1) is 6.10 Å². The zero-order chi connectivity index (χ0) is 22.4. The van der Waals surface area contributed by atoms with Crippen LogP contribution in [0.3, 0.4) is 0 Å².